The van der Waals surface area contributed by atoms with Crippen LogP contribution in [0.4, 0.5) is 51.2 Å². The molecule has 0 bridgehead atoms. The molecule has 8 heteroatoms. The molecule has 0 fully saturated rings. The second kappa shape index (κ2) is 19.4. The van der Waals surface area contributed by atoms with E-state index in [0.717, 1.165) is 87.0 Å². The molecule has 76 heavy (non-hydrogen) atoms. The summed E-state index contributed by atoms with van der Waals surface area (Å²) in [4.78, 5) is 9.93. The number of aryl methyl sites for hydroxylation is 2. The van der Waals surface area contributed by atoms with E-state index in [2.05, 4.69) is 253 Å². The van der Waals surface area contributed by atoms with Gasteiger partial charge in [0.15, 0.2) is 0 Å². The predicted octanol–water partition coefficient (Wildman–Crippen LogP) is 14.8. The molecule has 0 amide bonds. The number of hydrogen-bond donors (Lipinski definition) is 0. The van der Waals surface area contributed by atoms with Crippen molar-refractivity contribution in [1.82, 2.24) is 0 Å². The summed E-state index contributed by atoms with van der Waals surface area (Å²) in [6.07, 6.45) is 6.81. The highest BCUT2D eigenvalue weighted by atomic mass is 32.2. The molecule has 4 aliphatic rings. The molecule has 10 aromatic carbocycles. The highest BCUT2D eigenvalue weighted by Crippen LogP contribution is 2.50. The molecule has 14 rings (SSSR count). The highest BCUT2D eigenvalue weighted by molar-refractivity contribution is 8.00. The maximum atomic E-state index is 7.03. The first-order valence-corrected chi connectivity index (χ1v) is 27.9. The molecule has 5 nitrogen and oxygen atoms in total. The summed E-state index contributed by atoms with van der Waals surface area (Å²) in [5, 5.41) is 0. The van der Waals surface area contributed by atoms with E-state index in [0.29, 0.717) is 0 Å². The molecule has 0 radical (unpaired) electrons. The molecular formula is C68H55B2N3O2S. The lowest BCUT2D eigenvalue weighted by Crippen LogP contribution is -2.64. The van der Waals surface area contributed by atoms with Gasteiger partial charge in [0.25, 0.3) is 6.71 Å². The van der Waals surface area contributed by atoms with E-state index in [4.69, 9.17) is 9.47 Å². The second-order valence-electron chi connectivity index (χ2n) is 20.5. The van der Waals surface area contributed by atoms with Crippen LogP contribution in [0.1, 0.15) is 50.7 Å². The third-order valence-corrected chi connectivity index (χ3v) is 16.9. The number of unbranched alkanes of at least 4 members (excludes halogenated alkanes) is 2. The Labute approximate surface area is 451 Å². The minimum Gasteiger partial charge on any atom is -0.457 e. The van der Waals surface area contributed by atoms with E-state index in [1.165, 1.54) is 79.4 Å². The van der Waals surface area contributed by atoms with E-state index < -0.39 is 0 Å². The number of para-hydroxylation sites is 4. The summed E-state index contributed by atoms with van der Waals surface area (Å²) in [7, 11) is 0. The van der Waals surface area contributed by atoms with Crippen LogP contribution in [-0.4, -0.2) is 13.4 Å². The summed E-state index contributed by atoms with van der Waals surface area (Å²) in [5.74, 6) is 3.26. The van der Waals surface area contributed by atoms with Gasteiger partial charge in [-0.05, 0) is 149 Å². The van der Waals surface area contributed by atoms with Crippen molar-refractivity contribution in [3.8, 4) is 23.0 Å². The Morgan fingerprint density at radius 3 is 1.30 bits per heavy atom. The molecular weight excluding hydrogens is 944 g/mol. The largest absolute Gasteiger partial charge is 0.457 e. The topological polar surface area (TPSA) is 28.2 Å². The number of nitrogens with zero attached hydrogens (tertiary/aromatic N) is 3. The third kappa shape index (κ3) is 7.97. The first-order chi connectivity index (χ1) is 37.6. The van der Waals surface area contributed by atoms with Crippen LogP contribution in [0.15, 0.2) is 234 Å². The molecule has 0 aromatic heterocycles. The van der Waals surface area contributed by atoms with Gasteiger partial charge in [0.2, 0.25) is 6.71 Å². The van der Waals surface area contributed by atoms with Gasteiger partial charge in [-0.25, -0.2) is 0 Å². The Morgan fingerprint density at radius 1 is 0.342 bits per heavy atom. The zero-order chi connectivity index (χ0) is 50.7. The van der Waals surface area contributed by atoms with Gasteiger partial charge in [-0.15, -0.1) is 0 Å². The number of fused-ring (bicyclic) bond motifs is 8. The van der Waals surface area contributed by atoms with Crippen molar-refractivity contribution in [3.63, 3.8) is 0 Å². The van der Waals surface area contributed by atoms with Gasteiger partial charge in [0.1, 0.15) is 23.0 Å². The van der Waals surface area contributed by atoms with Crippen molar-refractivity contribution in [2.24, 2.45) is 0 Å². The molecule has 0 unspecified atom stereocenters. The quantitative estimate of drug-likeness (QED) is 0.107. The fraction of sp³-hybridized carbons (Fsp3) is 0.118. The van der Waals surface area contributed by atoms with Crippen LogP contribution in [0.5, 0.6) is 23.0 Å². The first kappa shape index (κ1) is 46.2. The Morgan fingerprint density at radius 2 is 0.776 bits per heavy atom. The van der Waals surface area contributed by atoms with Crippen molar-refractivity contribution in [2.45, 2.75) is 62.2 Å². The zero-order valence-corrected chi connectivity index (χ0v) is 43.6. The molecule has 0 saturated heterocycles. The SMILES string of the molecule is CCCCc1ccc(Oc2cc3c4c(c2)N(c2ccccc2)c2cc5c(cc2B4c2ccccc2S3)B2c3ccccc3N(c3ccccc3)c3cc(Oc4ccc(CCCC)cc4)cc(c32)N5c2ccccc2)cc1. The van der Waals surface area contributed by atoms with Crippen LogP contribution in [0.2, 0.25) is 0 Å². The van der Waals surface area contributed by atoms with Crippen LogP contribution in [0.25, 0.3) is 0 Å². The number of rotatable bonds is 13. The van der Waals surface area contributed by atoms with Crippen molar-refractivity contribution in [2.75, 3.05) is 14.7 Å². The number of hydrogen-bond acceptors (Lipinski definition) is 6. The molecule has 10 aromatic rings. The monoisotopic (exact) mass is 999 g/mol. The van der Waals surface area contributed by atoms with E-state index in [9.17, 15) is 0 Å². The molecule has 366 valence electrons. The molecule has 0 atom stereocenters. The van der Waals surface area contributed by atoms with Crippen molar-refractivity contribution < 1.29 is 9.47 Å². The van der Waals surface area contributed by atoms with E-state index in [-0.39, 0.29) is 13.4 Å². The predicted molar refractivity (Wildman–Crippen MR) is 321 cm³/mol. The summed E-state index contributed by atoms with van der Waals surface area (Å²) in [6.45, 7) is 4.35. The molecule has 4 aliphatic heterocycles. The highest BCUT2D eigenvalue weighted by Gasteiger charge is 2.47. The lowest BCUT2D eigenvalue weighted by atomic mass is 9.30. The Bertz CT molecular complexity index is 3800. The van der Waals surface area contributed by atoms with Crippen LogP contribution >= 0.6 is 11.8 Å². The first-order valence-electron chi connectivity index (χ1n) is 27.1. The van der Waals surface area contributed by atoms with Gasteiger partial charge >= 0.3 is 0 Å². The fourth-order valence-corrected chi connectivity index (χ4v) is 13.4. The van der Waals surface area contributed by atoms with E-state index >= 15 is 0 Å². The van der Waals surface area contributed by atoms with Crippen LogP contribution in [0.3, 0.4) is 0 Å². The molecule has 4 heterocycles. The third-order valence-electron chi connectivity index (χ3n) is 15.7. The Hall–Kier alpha value is -8.32. The summed E-state index contributed by atoms with van der Waals surface area (Å²) >= 11 is 1.85. The van der Waals surface area contributed by atoms with Crippen molar-refractivity contribution in [1.29, 1.82) is 0 Å². The average molecular weight is 1000 g/mol. The number of benzene rings is 10. The average Bonchev–Trinajstić information content (AvgIpc) is 3.66. The summed E-state index contributed by atoms with van der Waals surface area (Å²) in [5.41, 5.74) is 20.4. The second-order valence-corrected chi connectivity index (χ2v) is 21.6. The van der Waals surface area contributed by atoms with E-state index in [1.807, 2.05) is 11.8 Å². The molecule has 0 spiro atoms. The fourth-order valence-electron chi connectivity index (χ4n) is 12.2. The molecule has 0 saturated carbocycles. The lowest BCUT2D eigenvalue weighted by molar-refractivity contribution is 0.481. The van der Waals surface area contributed by atoms with Gasteiger partial charge in [-0.1, -0.05) is 165 Å². The van der Waals surface area contributed by atoms with E-state index in [1.54, 1.807) is 0 Å². The van der Waals surface area contributed by atoms with Crippen molar-refractivity contribution >= 4 is 109 Å². The normalized spacial score (nSPS) is 13.3. The minimum absolute atomic E-state index is 0.0376. The zero-order valence-electron chi connectivity index (χ0n) is 42.8. The van der Waals surface area contributed by atoms with Crippen LogP contribution in [-0.2, 0) is 12.8 Å². The lowest BCUT2D eigenvalue weighted by Gasteiger charge is -2.46. The van der Waals surface area contributed by atoms with Gasteiger partial charge in [0.05, 0.1) is 0 Å². The maximum absolute atomic E-state index is 7.03. The molecule has 0 N–H and O–H groups in total. The number of ether oxygens (including phenoxy) is 2. The number of anilines is 9. The molecule has 0 aliphatic carbocycles. The van der Waals surface area contributed by atoms with Crippen molar-refractivity contribution in [3.05, 3.63) is 236 Å². The van der Waals surface area contributed by atoms with Crippen LogP contribution in [0, 0.1) is 0 Å². The van der Waals surface area contributed by atoms with Gasteiger partial charge in [-0.2, -0.15) is 0 Å². The Balaban J connectivity index is 1.02. The Kier molecular flexibility index (Phi) is 11.8. The smallest absolute Gasteiger partial charge is 0.252 e. The standard InChI is InChI=1S/C68H55B2N3O2S/c1-3-5-20-46-32-36-51(37-33-46)74-53-40-62-67-63(41-53)72(49-24-12-8-13-25-49)60-45-61-58(44-57(60)69(67)55-28-16-18-30-59(55)71(62)48-22-10-7-11-23-48)70-56-29-17-19-31-65(56)76-66-43-54(75-52-38-34-47(35-39-52)21-6-4-2)42-64(68(66)70)73(61)50-26-14-9-15-27-50/h7-19,22-45H,3-6,20-21H2,1-2H3. The summed E-state index contributed by atoms with van der Waals surface area (Å²) in [6, 6.07) is 82.3. The van der Waals surface area contributed by atoms with Gasteiger partial charge in [0, 0.05) is 79.2 Å². The minimum atomic E-state index is -0.100. The van der Waals surface area contributed by atoms with Gasteiger partial charge in [-0.3, -0.25) is 0 Å². The summed E-state index contributed by atoms with van der Waals surface area (Å²) < 4.78 is 13.9. The van der Waals surface area contributed by atoms with Crippen LogP contribution < -0.4 is 57.0 Å². The van der Waals surface area contributed by atoms with Gasteiger partial charge < -0.3 is 24.2 Å². The maximum Gasteiger partial charge on any atom is 0.252 e.